The lowest BCUT2D eigenvalue weighted by Gasteiger charge is -2.55. The molecule has 0 heterocycles. The quantitative estimate of drug-likeness (QED) is 0.868. The van der Waals surface area contributed by atoms with Crippen LogP contribution < -0.4 is 4.72 Å². The summed E-state index contributed by atoms with van der Waals surface area (Å²) in [6.07, 6.45) is 6.28. The molecule has 1 aromatic carbocycles. The van der Waals surface area contributed by atoms with Gasteiger partial charge in [-0.2, -0.15) is 0 Å². The smallest absolute Gasteiger partial charge is 0.264 e. The van der Waals surface area contributed by atoms with E-state index in [1.165, 1.54) is 19.3 Å². The molecule has 4 saturated carbocycles. The number of sulfonamides is 1. The summed E-state index contributed by atoms with van der Waals surface area (Å²) in [5.74, 6) is 1.57. The zero-order chi connectivity index (χ0) is 18.7. The SMILES string of the molecule is CC(C)(C)c1ccc(S(=O)(=O)NC(=O)C23CC4CC(CC(C4)C2)C3)cc1. The Kier molecular flexibility index (Phi) is 4.03. The van der Waals surface area contributed by atoms with Gasteiger partial charge in [0.15, 0.2) is 0 Å². The number of rotatable bonds is 3. The Labute approximate surface area is 156 Å². The lowest BCUT2D eigenvalue weighted by Crippen LogP contribution is -2.54. The minimum absolute atomic E-state index is 0.0370. The lowest BCUT2D eigenvalue weighted by molar-refractivity contribution is -0.144. The molecule has 1 N–H and O–H groups in total. The molecule has 4 aliphatic carbocycles. The van der Waals surface area contributed by atoms with Gasteiger partial charge in [0, 0.05) is 0 Å². The van der Waals surface area contributed by atoms with Crippen LogP contribution in [-0.4, -0.2) is 14.3 Å². The summed E-state index contributed by atoms with van der Waals surface area (Å²) in [4.78, 5) is 13.2. The summed E-state index contributed by atoms with van der Waals surface area (Å²) in [7, 11) is -3.81. The van der Waals surface area contributed by atoms with Gasteiger partial charge in [-0.05, 0) is 79.4 Å². The molecule has 0 atom stereocenters. The first-order chi connectivity index (χ1) is 12.1. The largest absolute Gasteiger partial charge is 0.273 e. The van der Waals surface area contributed by atoms with Crippen LogP contribution >= 0.6 is 0 Å². The van der Waals surface area contributed by atoms with Crippen LogP contribution in [0, 0.1) is 23.2 Å². The molecule has 1 aromatic rings. The maximum Gasteiger partial charge on any atom is 0.264 e. The van der Waals surface area contributed by atoms with E-state index in [9.17, 15) is 13.2 Å². The topological polar surface area (TPSA) is 63.2 Å². The first kappa shape index (κ1) is 18.0. The van der Waals surface area contributed by atoms with Gasteiger partial charge < -0.3 is 0 Å². The number of carbonyl (C=O) groups excluding carboxylic acids is 1. The second-order valence-electron chi connectivity index (χ2n) is 9.91. The Balaban J connectivity index is 1.54. The molecule has 4 nitrogen and oxygen atoms in total. The second kappa shape index (κ2) is 5.82. The molecule has 0 aliphatic heterocycles. The van der Waals surface area contributed by atoms with E-state index < -0.39 is 15.4 Å². The van der Waals surface area contributed by atoms with Crippen molar-refractivity contribution in [2.45, 2.75) is 69.6 Å². The molecule has 4 fully saturated rings. The van der Waals surface area contributed by atoms with Crippen LogP contribution in [0.5, 0.6) is 0 Å². The second-order valence-corrected chi connectivity index (χ2v) is 11.6. The van der Waals surface area contributed by atoms with E-state index in [4.69, 9.17) is 0 Å². The summed E-state index contributed by atoms with van der Waals surface area (Å²) in [5.41, 5.74) is 0.585. The maximum absolute atomic E-state index is 13.0. The highest BCUT2D eigenvalue weighted by atomic mass is 32.2. The summed E-state index contributed by atoms with van der Waals surface area (Å²) in [6.45, 7) is 6.27. The molecule has 0 radical (unpaired) electrons. The van der Waals surface area contributed by atoms with E-state index in [0.717, 1.165) is 24.8 Å². The molecule has 0 saturated heterocycles. The minimum Gasteiger partial charge on any atom is -0.273 e. The van der Waals surface area contributed by atoms with E-state index in [2.05, 4.69) is 25.5 Å². The van der Waals surface area contributed by atoms with Gasteiger partial charge in [-0.3, -0.25) is 4.79 Å². The molecular weight excluding hydrogens is 346 g/mol. The lowest BCUT2D eigenvalue weighted by atomic mass is 9.49. The van der Waals surface area contributed by atoms with Crippen LogP contribution in [-0.2, 0) is 20.2 Å². The van der Waals surface area contributed by atoms with Gasteiger partial charge in [0.05, 0.1) is 10.3 Å². The summed E-state index contributed by atoms with van der Waals surface area (Å²) < 4.78 is 28.0. The number of benzene rings is 1. The van der Waals surface area contributed by atoms with Gasteiger partial charge in [0.1, 0.15) is 0 Å². The molecule has 142 valence electrons. The predicted octanol–water partition coefficient (Wildman–Crippen LogP) is 4.01. The first-order valence-electron chi connectivity index (χ1n) is 9.75. The fourth-order valence-corrected chi connectivity index (χ4v) is 6.88. The van der Waals surface area contributed by atoms with Crippen molar-refractivity contribution in [1.29, 1.82) is 0 Å². The van der Waals surface area contributed by atoms with Crippen molar-refractivity contribution in [1.82, 2.24) is 4.72 Å². The Hall–Kier alpha value is -1.36. The zero-order valence-electron chi connectivity index (χ0n) is 15.9. The number of hydrogen-bond donors (Lipinski definition) is 1. The third kappa shape index (κ3) is 3.08. The number of hydrogen-bond acceptors (Lipinski definition) is 3. The zero-order valence-corrected chi connectivity index (χ0v) is 16.7. The van der Waals surface area contributed by atoms with Crippen LogP contribution in [0.25, 0.3) is 0 Å². The van der Waals surface area contributed by atoms with Gasteiger partial charge >= 0.3 is 0 Å². The average Bonchev–Trinajstić information content (AvgIpc) is 2.52. The van der Waals surface area contributed by atoms with E-state index in [1.807, 2.05) is 12.1 Å². The average molecular weight is 376 g/mol. The molecule has 4 bridgehead atoms. The Morgan fingerprint density at radius 1 is 0.962 bits per heavy atom. The molecule has 0 spiro atoms. The van der Waals surface area contributed by atoms with Crippen molar-refractivity contribution in [3.63, 3.8) is 0 Å². The summed E-state index contributed by atoms with van der Waals surface area (Å²) in [5, 5.41) is 0. The fraction of sp³-hybridized carbons (Fsp3) is 0.667. The summed E-state index contributed by atoms with van der Waals surface area (Å²) in [6, 6.07) is 6.89. The van der Waals surface area contributed by atoms with E-state index in [-0.39, 0.29) is 16.2 Å². The Morgan fingerprint density at radius 2 is 1.42 bits per heavy atom. The third-order valence-electron chi connectivity index (χ3n) is 6.78. The fourth-order valence-electron chi connectivity index (χ4n) is 5.81. The standard InChI is InChI=1S/C21H29NO3S/c1-20(2,3)17-4-6-18(7-5-17)26(24,25)22-19(23)21-11-14-8-15(12-21)10-16(9-14)13-21/h4-7,14-16H,8-13H2,1-3H3,(H,22,23). The van der Waals surface area contributed by atoms with Gasteiger partial charge in [-0.1, -0.05) is 32.9 Å². The first-order valence-corrected chi connectivity index (χ1v) is 11.2. The van der Waals surface area contributed by atoms with Crippen LogP contribution in [0.2, 0.25) is 0 Å². The van der Waals surface area contributed by atoms with Crippen molar-refractivity contribution in [3.05, 3.63) is 29.8 Å². The maximum atomic E-state index is 13.0. The molecule has 0 aromatic heterocycles. The Bertz CT molecular complexity index is 783. The highest BCUT2D eigenvalue weighted by Gasteiger charge is 2.55. The van der Waals surface area contributed by atoms with Crippen LogP contribution in [0.15, 0.2) is 29.2 Å². The van der Waals surface area contributed by atoms with Crippen molar-refractivity contribution in [2.24, 2.45) is 23.2 Å². The van der Waals surface area contributed by atoms with Gasteiger partial charge in [0.2, 0.25) is 5.91 Å². The monoisotopic (exact) mass is 375 g/mol. The summed E-state index contributed by atoms with van der Waals surface area (Å²) >= 11 is 0. The molecule has 5 heteroatoms. The molecule has 0 unspecified atom stereocenters. The molecule has 1 amide bonds. The van der Waals surface area contributed by atoms with Gasteiger partial charge in [0.25, 0.3) is 10.0 Å². The number of carbonyl (C=O) groups is 1. The number of nitrogens with one attached hydrogen (secondary N) is 1. The highest BCUT2D eigenvalue weighted by molar-refractivity contribution is 7.90. The van der Waals surface area contributed by atoms with Gasteiger partial charge in [-0.25, -0.2) is 13.1 Å². The molecule has 5 rings (SSSR count). The minimum atomic E-state index is -3.81. The normalized spacial score (nSPS) is 33.3. The number of amides is 1. The van der Waals surface area contributed by atoms with E-state index in [0.29, 0.717) is 17.8 Å². The molecule has 4 aliphatic rings. The van der Waals surface area contributed by atoms with Crippen molar-refractivity contribution < 1.29 is 13.2 Å². The molecular formula is C21H29NO3S. The van der Waals surface area contributed by atoms with E-state index >= 15 is 0 Å². The van der Waals surface area contributed by atoms with Crippen molar-refractivity contribution in [3.8, 4) is 0 Å². The Morgan fingerprint density at radius 3 is 1.85 bits per heavy atom. The van der Waals surface area contributed by atoms with Crippen molar-refractivity contribution in [2.75, 3.05) is 0 Å². The van der Waals surface area contributed by atoms with E-state index in [1.54, 1.807) is 12.1 Å². The van der Waals surface area contributed by atoms with Crippen LogP contribution in [0.1, 0.15) is 64.9 Å². The van der Waals surface area contributed by atoms with Crippen molar-refractivity contribution >= 4 is 15.9 Å². The highest BCUT2D eigenvalue weighted by Crippen LogP contribution is 2.60. The predicted molar refractivity (Wildman–Crippen MR) is 101 cm³/mol. The van der Waals surface area contributed by atoms with Crippen LogP contribution in [0.4, 0.5) is 0 Å². The third-order valence-corrected chi connectivity index (χ3v) is 8.12. The molecule has 26 heavy (non-hydrogen) atoms. The van der Waals surface area contributed by atoms with Gasteiger partial charge in [-0.15, -0.1) is 0 Å². The van der Waals surface area contributed by atoms with Crippen LogP contribution in [0.3, 0.4) is 0 Å².